The Kier molecular flexibility index (Phi) is 1.24. The zero-order valence-corrected chi connectivity index (χ0v) is 5.00. The van der Waals surface area contributed by atoms with Gasteiger partial charge in [-0.05, 0) is 19.1 Å². The number of hydrogen-bond acceptors (Lipinski definition) is 3. The fourth-order valence-electron chi connectivity index (χ4n) is 0.457. The second kappa shape index (κ2) is 1.90. The van der Waals surface area contributed by atoms with Crippen molar-refractivity contribution in [3.05, 3.63) is 5.82 Å². The molecule has 0 saturated heterocycles. The average Bonchev–Trinajstić information content (AvgIpc) is 2.14. The largest absolute Gasteiger partial charge is 0.171 e. The van der Waals surface area contributed by atoms with E-state index in [4.69, 9.17) is 0 Å². The van der Waals surface area contributed by atoms with Gasteiger partial charge in [-0.1, -0.05) is 0 Å². The summed E-state index contributed by atoms with van der Waals surface area (Å²) in [5, 5.41) is 11.3. The Morgan fingerprint density at radius 2 is 2.38 bits per heavy atom. The van der Waals surface area contributed by atoms with Crippen LogP contribution in [0.15, 0.2) is 0 Å². The van der Waals surface area contributed by atoms with E-state index in [1.807, 2.05) is 13.8 Å². The summed E-state index contributed by atoms with van der Waals surface area (Å²) in [5.74, 6) is 0.729. The van der Waals surface area contributed by atoms with E-state index in [-0.39, 0.29) is 0 Å². The summed E-state index contributed by atoms with van der Waals surface area (Å²) in [4.78, 5) is 1.55. The average molecular weight is 112 g/mol. The summed E-state index contributed by atoms with van der Waals surface area (Å²) in [6.07, 6.45) is 0. The lowest BCUT2D eigenvalue weighted by Gasteiger charge is -1.83. The van der Waals surface area contributed by atoms with Gasteiger partial charge in [0.15, 0.2) is 5.82 Å². The number of tetrazole rings is 1. The lowest BCUT2D eigenvalue weighted by atomic mass is 10.8. The fraction of sp³-hybridized carbons (Fsp3) is 0.750. The van der Waals surface area contributed by atoms with E-state index < -0.39 is 0 Å². The molecule has 0 spiro atoms. The molecule has 4 heteroatoms. The van der Waals surface area contributed by atoms with E-state index in [2.05, 4.69) is 15.4 Å². The second-order valence-electron chi connectivity index (χ2n) is 1.53. The summed E-state index contributed by atoms with van der Waals surface area (Å²) < 4.78 is 0. The standard InChI is InChI=1S/C4H8N4/c1-3-8-6-4(2)5-7-8/h3H2,1-2H3. The number of aromatic nitrogens is 4. The third-order valence-electron chi connectivity index (χ3n) is 0.836. The molecule has 0 bridgehead atoms. The zero-order chi connectivity index (χ0) is 5.98. The molecule has 1 rings (SSSR count). The first-order valence-electron chi connectivity index (χ1n) is 2.57. The molecule has 8 heavy (non-hydrogen) atoms. The minimum atomic E-state index is 0.729. The predicted molar refractivity (Wildman–Crippen MR) is 28.2 cm³/mol. The molecular formula is C4H8N4. The molecule has 0 atom stereocenters. The molecule has 0 amide bonds. The van der Waals surface area contributed by atoms with Crippen molar-refractivity contribution in [1.82, 2.24) is 20.2 Å². The van der Waals surface area contributed by atoms with Crippen molar-refractivity contribution in [2.45, 2.75) is 20.4 Å². The van der Waals surface area contributed by atoms with Gasteiger partial charge in [0.25, 0.3) is 0 Å². The molecule has 1 aromatic heterocycles. The van der Waals surface area contributed by atoms with Crippen LogP contribution in [0.25, 0.3) is 0 Å². The zero-order valence-electron chi connectivity index (χ0n) is 5.00. The van der Waals surface area contributed by atoms with Gasteiger partial charge >= 0.3 is 0 Å². The summed E-state index contributed by atoms with van der Waals surface area (Å²) >= 11 is 0. The lowest BCUT2D eigenvalue weighted by Crippen LogP contribution is -1.98. The SMILES string of the molecule is CCn1nnc(C)n1. The molecule has 0 aliphatic carbocycles. The summed E-state index contributed by atoms with van der Waals surface area (Å²) in [6, 6.07) is 0. The van der Waals surface area contributed by atoms with Crippen LogP contribution in [0.2, 0.25) is 0 Å². The van der Waals surface area contributed by atoms with Crippen molar-refractivity contribution in [2.75, 3.05) is 0 Å². The smallest absolute Gasteiger partial charge is 0.165 e. The maximum atomic E-state index is 3.92. The van der Waals surface area contributed by atoms with Crippen molar-refractivity contribution in [2.24, 2.45) is 0 Å². The highest BCUT2D eigenvalue weighted by Gasteiger charge is 1.89. The molecule has 0 unspecified atom stereocenters. The Morgan fingerprint density at radius 1 is 1.62 bits per heavy atom. The lowest BCUT2D eigenvalue weighted by molar-refractivity contribution is 0.551. The third-order valence-corrected chi connectivity index (χ3v) is 0.836. The molecule has 4 nitrogen and oxygen atoms in total. The number of hydrogen-bond donors (Lipinski definition) is 0. The van der Waals surface area contributed by atoms with Gasteiger partial charge in [0.2, 0.25) is 0 Å². The van der Waals surface area contributed by atoms with E-state index >= 15 is 0 Å². The van der Waals surface area contributed by atoms with Crippen molar-refractivity contribution < 1.29 is 0 Å². The van der Waals surface area contributed by atoms with E-state index in [1.54, 1.807) is 4.80 Å². The molecule has 0 aromatic carbocycles. The highest BCUT2D eigenvalue weighted by Crippen LogP contribution is 1.78. The van der Waals surface area contributed by atoms with Gasteiger partial charge in [-0.2, -0.15) is 4.80 Å². The first-order valence-corrected chi connectivity index (χ1v) is 2.57. The fourth-order valence-corrected chi connectivity index (χ4v) is 0.457. The van der Waals surface area contributed by atoms with E-state index in [0.717, 1.165) is 12.4 Å². The number of nitrogens with zero attached hydrogens (tertiary/aromatic N) is 4. The van der Waals surface area contributed by atoms with Crippen LogP contribution in [0.3, 0.4) is 0 Å². The Balaban J connectivity index is 2.84. The summed E-state index contributed by atoms with van der Waals surface area (Å²) in [6.45, 7) is 4.58. The van der Waals surface area contributed by atoms with E-state index in [0.29, 0.717) is 0 Å². The molecule has 0 N–H and O–H groups in total. The van der Waals surface area contributed by atoms with Gasteiger partial charge in [-0.3, -0.25) is 0 Å². The molecular weight excluding hydrogens is 104 g/mol. The maximum Gasteiger partial charge on any atom is 0.171 e. The van der Waals surface area contributed by atoms with Crippen LogP contribution >= 0.6 is 0 Å². The van der Waals surface area contributed by atoms with Crippen LogP contribution in [0, 0.1) is 6.92 Å². The minimum absolute atomic E-state index is 0.729. The third kappa shape index (κ3) is 0.828. The van der Waals surface area contributed by atoms with Gasteiger partial charge < -0.3 is 0 Å². The molecule has 0 aliphatic heterocycles. The maximum absolute atomic E-state index is 3.92. The molecule has 0 saturated carbocycles. The molecule has 1 aromatic rings. The Morgan fingerprint density at radius 3 is 2.62 bits per heavy atom. The highest BCUT2D eigenvalue weighted by atomic mass is 15.6. The Hall–Kier alpha value is -0.930. The predicted octanol–water partition coefficient (Wildman–Crippen LogP) is 0.00142. The number of rotatable bonds is 1. The summed E-state index contributed by atoms with van der Waals surface area (Å²) in [5.41, 5.74) is 0. The molecule has 0 aliphatic rings. The number of aryl methyl sites for hydroxylation is 2. The van der Waals surface area contributed by atoms with Crippen molar-refractivity contribution in [1.29, 1.82) is 0 Å². The van der Waals surface area contributed by atoms with Crippen LogP contribution < -0.4 is 0 Å². The van der Waals surface area contributed by atoms with Crippen LogP contribution in [0.1, 0.15) is 12.7 Å². The quantitative estimate of drug-likeness (QED) is 0.513. The van der Waals surface area contributed by atoms with Gasteiger partial charge in [0.05, 0.1) is 6.54 Å². The minimum Gasteiger partial charge on any atom is -0.165 e. The Labute approximate surface area is 47.5 Å². The Bertz CT molecular complexity index is 168. The van der Waals surface area contributed by atoms with Gasteiger partial charge in [0.1, 0.15) is 0 Å². The van der Waals surface area contributed by atoms with Crippen LogP contribution in [-0.4, -0.2) is 20.2 Å². The van der Waals surface area contributed by atoms with Gasteiger partial charge in [-0.15, -0.1) is 10.2 Å². The second-order valence-corrected chi connectivity index (χ2v) is 1.53. The summed E-state index contributed by atoms with van der Waals surface area (Å²) in [7, 11) is 0. The van der Waals surface area contributed by atoms with Crippen LogP contribution in [0.4, 0.5) is 0 Å². The molecule has 44 valence electrons. The highest BCUT2D eigenvalue weighted by molar-refractivity contribution is 4.66. The van der Waals surface area contributed by atoms with Crippen molar-refractivity contribution >= 4 is 0 Å². The van der Waals surface area contributed by atoms with Gasteiger partial charge in [-0.25, -0.2) is 0 Å². The first kappa shape index (κ1) is 5.21. The van der Waals surface area contributed by atoms with Crippen molar-refractivity contribution in [3.8, 4) is 0 Å². The molecule has 1 heterocycles. The monoisotopic (exact) mass is 112 g/mol. The van der Waals surface area contributed by atoms with Crippen molar-refractivity contribution in [3.63, 3.8) is 0 Å². The first-order chi connectivity index (χ1) is 3.83. The van der Waals surface area contributed by atoms with E-state index in [1.165, 1.54) is 0 Å². The van der Waals surface area contributed by atoms with Crippen LogP contribution in [0.5, 0.6) is 0 Å². The normalized spacial score (nSPS) is 9.75. The van der Waals surface area contributed by atoms with Gasteiger partial charge in [0, 0.05) is 0 Å². The van der Waals surface area contributed by atoms with E-state index in [9.17, 15) is 0 Å². The molecule has 0 radical (unpaired) electrons. The van der Waals surface area contributed by atoms with Crippen LogP contribution in [-0.2, 0) is 6.54 Å². The topological polar surface area (TPSA) is 43.6 Å². The molecule has 0 fully saturated rings.